The third-order valence-electron chi connectivity index (χ3n) is 6.33. The second-order valence-electron chi connectivity index (χ2n) is 9.20. The van der Waals surface area contributed by atoms with Crippen molar-refractivity contribution in [3.05, 3.63) is 101 Å². The number of halogens is 6. The Morgan fingerprint density at radius 1 is 0.875 bits per heavy atom. The normalized spacial score (nSPS) is 17.1. The largest absolute Gasteiger partial charge is 0.460 e. The summed E-state index contributed by atoms with van der Waals surface area (Å²) in [7, 11) is 0. The second kappa shape index (κ2) is 12.3. The van der Waals surface area contributed by atoms with Crippen LogP contribution in [0.5, 0.6) is 0 Å². The Balaban J connectivity index is 1.66. The van der Waals surface area contributed by atoms with E-state index in [1.807, 2.05) is 0 Å². The number of anilines is 1. The van der Waals surface area contributed by atoms with Crippen molar-refractivity contribution in [1.82, 2.24) is 10.6 Å². The van der Waals surface area contributed by atoms with Crippen LogP contribution >= 0.6 is 12.2 Å². The number of nitrogens with one attached hydrogen (secondary N) is 3. The molecule has 3 aromatic carbocycles. The number of ether oxygens (including phenoxy) is 1. The second-order valence-corrected chi connectivity index (χ2v) is 9.57. The van der Waals surface area contributed by atoms with Crippen molar-refractivity contribution in [3.8, 4) is 0 Å². The quantitative estimate of drug-likeness (QED) is 0.212. The number of carbonyl (C=O) groups excluding carboxylic acids is 1. The Labute approximate surface area is 231 Å². The van der Waals surface area contributed by atoms with Crippen LogP contribution in [-0.2, 0) is 21.9 Å². The van der Waals surface area contributed by atoms with Gasteiger partial charge in [-0.3, -0.25) is 4.79 Å². The van der Waals surface area contributed by atoms with Crippen molar-refractivity contribution in [3.63, 3.8) is 0 Å². The van der Waals surface area contributed by atoms with Gasteiger partial charge in [0.25, 0.3) is 5.17 Å². The van der Waals surface area contributed by atoms with Crippen molar-refractivity contribution in [2.45, 2.75) is 43.4 Å². The number of rotatable bonds is 7. The highest BCUT2D eigenvalue weighted by molar-refractivity contribution is 7.80. The highest BCUT2D eigenvalue weighted by Crippen LogP contribution is 2.38. The maximum absolute atomic E-state index is 13.3. The molecule has 0 aromatic heterocycles. The summed E-state index contributed by atoms with van der Waals surface area (Å²) in [5, 5.41) is 8.00. The molecule has 3 aromatic rings. The number of benzene rings is 3. The van der Waals surface area contributed by atoms with Gasteiger partial charge in [-0.2, -0.15) is 26.3 Å². The Bertz CT molecular complexity index is 1280. The summed E-state index contributed by atoms with van der Waals surface area (Å²) in [5.41, 5.74) is -2.31. The highest BCUT2D eigenvalue weighted by Gasteiger charge is 2.37. The summed E-state index contributed by atoms with van der Waals surface area (Å²) in [6.07, 6.45) is -9.56. The number of carbonyl (C=O) groups is 1. The van der Waals surface area contributed by atoms with Crippen molar-refractivity contribution in [1.29, 1.82) is 0 Å². The molecule has 0 radical (unpaired) electrons. The molecule has 5 nitrogen and oxygen atoms in total. The lowest BCUT2D eigenvalue weighted by Gasteiger charge is -2.30. The van der Waals surface area contributed by atoms with Gasteiger partial charge in [0, 0.05) is 5.69 Å². The lowest BCUT2D eigenvalue weighted by Crippen LogP contribution is -2.44. The fourth-order valence-corrected chi connectivity index (χ4v) is 4.64. The third-order valence-corrected chi connectivity index (χ3v) is 6.53. The van der Waals surface area contributed by atoms with Crippen LogP contribution in [0.2, 0.25) is 0 Å². The first-order valence-corrected chi connectivity index (χ1v) is 12.7. The summed E-state index contributed by atoms with van der Waals surface area (Å²) < 4.78 is 86.1. The molecule has 0 unspecified atom stereocenters. The van der Waals surface area contributed by atoms with E-state index in [0.29, 0.717) is 36.2 Å². The van der Waals surface area contributed by atoms with Gasteiger partial charge in [0.2, 0.25) is 5.91 Å². The molecule has 212 valence electrons. The zero-order valence-electron chi connectivity index (χ0n) is 20.9. The molecule has 3 N–H and O–H groups in total. The predicted octanol–water partition coefficient (Wildman–Crippen LogP) is 6.79. The van der Waals surface area contributed by atoms with Crippen LogP contribution in [0.15, 0.2) is 78.9 Å². The number of hydrogen-bond donors (Lipinski definition) is 3. The molecule has 12 heteroatoms. The van der Waals surface area contributed by atoms with E-state index in [2.05, 4.69) is 16.0 Å². The molecule has 3 atom stereocenters. The van der Waals surface area contributed by atoms with Crippen LogP contribution in [-0.4, -0.2) is 23.7 Å². The molecule has 40 heavy (non-hydrogen) atoms. The molecular weight excluding hydrogens is 556 g/mol. The molecule has 1 aliphatic heterocycles. The van der Waals surface area contributed by atoms with E-state index >= 15 is 0 Å². The summed E-state index contributed by atoms with van der Waals surface area (Å²) in [4.78, 5) is 13.1. The minimum atomic E-state index is -5.02. The fourth-order valence-electron chi connectivity index (χ4n) is 4.42. The Kier molecular flexibility index (Phi) is 8.99. The van der Waals surface area contributed by atoms with Crippen LogP contribution in [0.3, 0.4) is 0 Å². The van der Waals surface area contributed by atoms with Gasteiger partial charge in [0.15, 0.2) is 6.10 Å². The molecule has 1 aliphatic rings. The lowest BCUT2D eigenvalue weighted by atomic mass is 9.95. The molecule has 0 saturated carbocycles. The number of amides is 1. The Hall–Kier alpha value is -3.64. The topological polar surface area (TPSA) is 62.4 Å². The van der Waals surface area contributed by atoms with Crippen LogP contribution in [0.1, 0.15) is 47.2 Å². The molecule has 1 amide bonds. The third kappa shape index (κ3) is 7.51. The van der Waals surface area contributed by atoms with E-state index in [1.54, 1.807) is 60.7 Å². The van der Waals surface area contributed by atoms with E-state index < -0.39 is 52.5 Å². The maximum atomic E-state index is 13.3. The molecular formula is C28H25F6N3O2S. The monoisotopic (exact) mass is 581 g/mol. The van der Waals surface area contributed by atoms with Gasteiger partial charge < -0.3 is 20.7 Å². The molecule has 4 rings (SSSR count). The van der Waals surface area contributed by atoms with E-state index in [4.69, 9.17) is 17.0 Å². The van der Waals surface area contributed by atoms with Crippen LogP contribution in [0.4, 0.5) is 32.0 Å². The van der Waals surface area contributed by atoms with Gasteiger partial charge >= 0.3 is 12.4 Å². The zero-order chi connectivity index (χ0) is 28.9. The number of hydrogen-bond acceptors (Lipinski definition) is 4. The smallest absolute Gasteiger partial charge is 0.416 e. The standard InChI is InChI=1S/C28H25F6N3O2S/c29-27(30,31)19-14-20(28(32,33)34)16-21(15-19)36-26(40)39-24(18-10-5-2-6-11-18)23(17-8-3-1-4-9-17)37-25(38)22-12-7-13-35-22/h1-6,8-11,14-16,22-24,35H,7,12-13H2,(H,36,40)(H,37,38)/t22-,23-,24-/m0/s1. The van der Waals surface area contributed by atoms with E-state index in [1.165, 1.54) is 0 Å². The first-order chi connectivity index (χ1) is 18.9. The highest BCUT2D eigenvalue weighted by atomic mass is 32.1. The molecule has 1 saturated heterocycles. The molecule has 0 bridgehead atoms. The van der Waals surface area contributed by atoms with Crippen molar-refractivity contribution >= 4 is 29.0 Å². The Morgan fingerprint density at radius 3 is 1.93 bits per heavy atom. The SMILES string of the molecule is O=C(N[C@@H](c1ccccc1)[C@@H](OC(=S)Nc1cc(C(F)(F)F)cc(C(F)(F)F)c1)c1ccccc1)[C@@H]1CCCN1. The average molecular weight is 582 g/mol. The van der Waals surface area contributed by atoms with Gasteiger partial charge in [-0.1, -0.05) is 60.7 Å². The van der Waals surface area contributed by atoms with Gasteiger partial charge in [-0.05, 0) is 60.9 Å². The van der Waals surface area contributed by atoms with Gasteiger partial charge in [0.1, 0.15) is 0 Å². The summed E-state index contributed by atoms with van der Waals surface area (Å²) in [6.45, 7) is 0.692. The maximum Gasteiger partial charge on any atom is 0.416 e. The fraction of sp³-hybridized carbons (Fsp3) is 0.286. The molecule has 0 aliphatic carbocycles. The summed E-state index contributed by atoms with van der Waals surface area (Å²) in [6, 6.07) is 17.4. The van der Waals surface area contributed by atoms with Crippen molar-refractivity contribution in [2.24, 2.45) is 0 Å². The van der Waals surface area contributed by atoms with Gasteiger partial charge in [0.05, 0.1) is 23.2 Å². The number of thiocarbonyl (C=S) groups is 1. The van der Waals surface area contributed by atoms with Crippen molar-refractivity contribution in [2.75, 3.05) is 11.9 Å². The van der Waals surface area contributed by atoms with E-state index in [-0.39, 0.29) is 12.0 Å². The van der Waals surface area contributed by atoms with E-state index in [0.717, 1.165) is 6.42 Å². The predicted molar refractivity (Wildman–Crippen MR) is 141 cm³/mol. The average Bonchev–Trinajstić information content (AvgIpc) is 3.46. The van der Waals surface area contributed by atoms with Gasteiger partial charge in [-0.25, -0.2) is 0 Å². The summed E-state index contributed by atoms with van der Waals surface area (Å²) in [5.74, 6) is -0.276. The minimum absolute atomic E-state index is 0.0277. The molecule has 0 spiro atoms. The first-order valence-electron chi connectivity index (χ1n) is 12.3. The minimum Gasteiger partial charge on any atom is -0.460 e. The van der Waals surface area contributed by atoms with Gasteiger partial charge in [-0.15, -0.1) is 0 Å². The Morgan fingerprint density at radius 2 is 1.43 bits per heavy atom. The molecule has 1 fully saturated rings. The van der Waals surface area contributed by atoms with Crippen LogP contribution in [0, 0.1) is 0 Å². The van der Waals surface area contributed by atoms with E-state index in [9.17, 15) is 31.1 Å². The number of alkyl halides is 6. The summed E-state index contributed by atoms with van der Waals surface area (Å²) >= 11 is 5.25. The zero-order valence-corrected chi connectivity index (χ0v) is 21.7. The lowest BCUT2D eigenvalue weighted by molar-refractivity contribution is -0.143. The van der Waals surface area contributed by atoms with Crippen LogP contribution < -0.4 is 16.0 Å². The molecule has 1 heterocycles. The van der Waals surface area contributed by atoms with Crippen LogP contribution in [0.25, 0.3) is 0 Å². The first kappa shape index (κ1) is 29.3. The van der Waals surface area contributed by atoms with Crippen molar-refractivity contribution < 1.29 is 35.9 Å².